The van der Waals surface area contributed by atoms with Crippen molar-refractivity contribution >= 4 is 23.2 Å². The molecule has 0 saturated carbocycles. The highest BCUT2D eigenvalue weighted by molar-refractivity contribution is 5.96. The van der Waals surface area contributed by atoms with E-state index in [4.69, 9.17) is 10.5 Å². The molecule has 0 aliphatic rings. The van der Waals surface area contributed by atoms with Gasteiger partial charge < -0.3 is 21.1 Å². The number of amides is 2. The number of hydrogen-bond donors (Lipinski definition) is 3. The van der Waals surface area contributed by atoms with E-state index in [9.17, 15) is 9.59 Å². The van der Waals surface area contributed by atoms with Gasteiger partial charge in [0.05, 0.1) is 19.3 Å². The normalized spacial score (nSPS) is 10.2. The van der Waals surface area contributed by atoms with E-state index in [2.05, 4.69) is 10.6 Å². The van der Waals surface area contributed by atoms with Crippen LogP contribution >= 0.6 is 0 Å². The molecule has 0 heterocycles. The zero-order valence-electron chi connectivity index (χ0n) is 12.0. The summed E-state index contributed by atoms with van der Waals surface area (Å²) in [7, 11) is 1.50. The average Bonchev–Trinajstić information content (AvgIpc) is 2.37. The molecule has 0 fully saturated rings. The largest absolute Gasteiger partial charge is 0.495 e. The maximum absolute atomic E-state index is 11.7. The van der Waals surface area contributed by atoms with Crippen LogP contribution in [0.1, 0.15) is 20.3 Å². The van der Waals surface area contributed by atoms with Gasteiger partial charge in [-0.25, -0.2) is 0 Å². The number of anilines is 2. The Kier molecular flexibility index (Phi) is 5.99. The van der Waals surface area contributed by atoms with E-state index in [0.29, 0.717) is 23.5 Å². The maximum Gasteiger partial charge on any atom is 0.238 e. The third-order valence-electron chi connectivity index (χ3n) is 2.54. The first-order chi connectivity index (χ1) is 9.46. The van der Waals surface area contributed by atoms with Gasteiger partial charge in [0.15, 0.2) is 0 Å². The Morgan fingerprint density at radius 2 is 1.95 bits per heavy atom. The summed E-state index contributed by atoms with van der Waals surface area (Å²) in [6, 6.07) is 5.04. The van der Waals surface area contributed by atoms with Gasteiger partial charge >= 0.3 is 0 Å². The number of methoxy groups -OCH3 is 1. The van der Waals surface area contributed by atoms with Crippen molar-refractivity contribution in [3.8, 4) is 5.75 Å². The van der Waals surface area contributed by atoms with Crippen LogP contribution in [-0.4, -0.2) is 25.5 Å². The maximum atomic E-state index is 11.7. The molecule has 6 nitrogen and oxygen atoms in total. The van der Waals surface area contributed by atoms with E-state index in [1.54, 1.807) is 18.2 Å². The summed E-state index contributed by atoms with van der Waals surface area (Å²) >= 11 is 0. The molecule has 0 spiro atoms. The highest BCUT2D eigenvalue weighted by Gasteiger charge is 2.10. The summed E-state index contributed by atoms with van der Waals surface area (Å²) in [5.41, 5.74) is 6.34. The molecule has 0 atom stereocenters. The number of hydrogen-bond acceptors (Lipinski definition) is 4. The highest BCUT2D eigenvalue weighted by Crippen LogP contribution is 2.27. The van der Waals surface area contributed by atoms with Crippen molar-refractivity contribution in [2.45, 2.75) is 20.3 Å². The number of nitrogens with one attached hydrogen (secondary N) is 2. The molecule has 0 saturated heterocycles. The molecule has 110 valence electrons. The molecule has 0 radical (unpaired) electrons. The van der Waals surface area contributed by atoms with Crippen LogP contribution in [0.3, 0.4) is 0 Å². The number of nitrogens with two attached hydrogens (primary N) is 1. The van der Waals surface area contributed by atoms with Crippen molar-refractivity contribution in [1.29, 1.82) is 0 Å². The smallest absolute Gasteiger partial charge is 0.238 e. The monoisotopic (exact) mass is 279 g/mol. The lowest BCUT2D eigenvalue weighted by molar-refractivity contribution is -0.117. The molecular weight excluding hydrogens is 258 g/mol. The van der Waals surface area contributed by atoms with Gasteiger partial charge in [-0.15, -0.1) is 0 Å². The molecule has 2 amide bonds. The van der Waals surface area contributed by atoms with Crippen molar-refractivity contribution in [2.75, 3.05) is 24.3 Å². The number of benzene rings is 1. The minimum absolute atomic E-state index is 0.0683. The van der Waals surface area contributed by atoms with Crippen molar-refractivity contribution in [3.63, 3.8) is 0 Å². The number of carbonyl (C=O) groups excluding carboxylic acids is 2. The van der Waals surface area contributed by atoms with Crippen molar-refractivity contribution < 1.29 is 14.3 Å². The van der Waals surface area contributed by atoms with Gasteiger partial charge in [0.25, 0.3) is 0 Å². The fourth-order valence-electron chi connectivity index (χ4n) is 1.67. The predicted molar refractivity (Wildman–Crippen MR) is 78.8 cm³/mol. The molecule has 1 aromatic carbocycles. The van der Waals surface area contributed by atoms with Crippen LogP contribution in [0.15, 0.2) is 18.2 Å². The van der Waals surface area contributed by atoms with E-state index in [0.717, 1.165) is 0 Å². The first-order valence-electron chi connectivity index (χ1n) is 6.44. The molecule has 20 heavy (non-hydrogen) atoms. The Balaban J connectivity index is 2.86. The van der Waals surface area contributed by atoms with Gasteiger partial charge in [-0.05, 0) is 24.1 Å². The number of rotatable bonds is 6. The molecule has 1 rings (SSSR count). The zero-order valence-corrected chi connectivity index (χ0v) is 12.0. The fourth-order valence-corrected chi connectivity index (χ4v) is 1.67. The van der Waals surface area contributed by atoms with Gasteiger partial charge in [-0.2, -0.15) is 0 Å². The predicted octanol–water partition coefficient (Wildman–Crippen LogP) is 1.58. The van der Waals surface area contributed by atoms with Gasteiger partial charge in [0.1, 0.15) is 5.75 Å². The lowest BCUT2D eigenvalue weighted by Gasteiger charge is -2.13. The Morgan fingerprint density at radius 1 is 1.25 bits per heavy atom. The zero-order chi connectivity index (χ0) is 15.1. The lowest BCUT2D eigenvalue weighted by atomic mass is 10.1. The molecular formula is C14H21N3O3. The summed E-state index contributed by atoms with van der Waals surface area (Å²) in [4.78, 5) is 23.1. The van der Waals surface area contributed by atoms with Crippen molar-refractivity contribution in [1.82, 2.24) is 0 Å². The Labute approximate surface area is 118 Å². The van der Waals surface area contributed by atoms with E-state index in [1.165, 1.54) is 7.11 Å². The van der Waals surface area contributed by atoms with Gasteiger partial charge in [-0.3, -0.25) is 9.59 Å². The van der Waals surface area contributed by atoms with Gasteiger partial charge in [0, 0.05) is 12.1 Å². The minimum atomic E-state index is -0.325. The quantitative estimate of drug-likeness (QED) is 0.737. The van der Waals surface area contributed by atoms with Crippen LogP contribution in [0.25, 0.3) is 0 Å². The first-order valence-corrected chi connectivity index (χ1v) is 6.44. The summed E-state index contributed by atoms with van der Waals surface area (Å²) in [6.45, 7) is 3.83. The van der Waals surface area contributed by atoms with Crippen LogP contribution in [0.2, 0.25) is 0 Å². The van der Waals surface area contributed by atoms with Gasteiger partial charge in [-0.1, -0.05) is 13.8 Å². The number of carbonyl (C=O) groups is 2. The van der Waals surface area contributed by atoms with Crippen LogP contribution in [0.4, 0.5) is 11.4 Å². The number of ether oxygens (including phenoxy) is 1. The van der Waals surface area contributed by atoms with Crippen LogP contribution in [0, 0.1) is 5.92 Å². The third kappa shape index (κ3) is 4.89. The van der Waals surface area contributed by atoms with E-state index < -0.39 is 0 Å². The summed E-state index contributed by atoms with van der Waals surface area (Å²) in [6.07, 6.45) is 0.441. The highest BCUT2D eigenvalue weighted by atomic mass is 16.5. The second kappa shape index (κ2) is 7.49. The van der Waals surface area contributed by atoms with Crippen molar-refractivity contribution in [3.05, 3.63) is 18.2 Å². The molecule has 6 heteroatoms. The molecule has 0 aliphatic carbocycles. The Hall–Kier alpha value is -2.08. The summed E-state index contributed by atoms with van der Waals surface area (Å²) in [5.74, 6) is 0.397. The Bertz CT molecular complexity index is 487. The van der Waals surface area contributed by atoms with Gasteiger partial charge in [0.2, 0.25) is 11.8 Å². The molecule has 0 bridgehead atoms. The van der Waals surface area contributed by atoms with E-state index in [-0.39, 0.29) is 24.3 Å². The second-order valence-electron chi connectivity index (χ2n) is 4.81. The van der Waals surface area contributed by atoms with Crippen LogP contribution in [-0.2, 0) is 9.59 Å². The first kappa shape index (κ1) is 16.0. The molecule has 1 aromatic rings. The van der Waals surface area contributed by atoms with E-state index >= 15 is 0 Å². The van der Waals surface area contributed by atoms with E-state index in [1.807, 2.05) is 13.8 Å². The lowest BCUT2D eigenvalue weighted by Crippen LogP contribution is -2.22. The average molecular weight is 279 g/mol. The third-order valence-corrected chi connectivity index (χ3v) is 2.54. The summed E-state index contributed by atoms with van der Waals surface area (Å²) < 4.78 is 5.15. The SMILES string of the molecule is COc1ccc(NC(=O)CC(C)C)cc1NC(=O)CN. The van der Waals surface area contributed by atoms with Crippen molar-refractivity contribution in [2.24, 2.45) is 11.7 Å². The molecule has 0 aromatic heterocycles. The second-order valence-corrected chi connectivity index (χ2v) is 4.81. The fraction of sp³-hybridized carbons (Fsp3) is 0.429. The Morgan fingerprint density at radius 3 is 2.50 bits per heavy atom. The molecule has 0 unspecified atom stereocenters. The molecule has 4 N–H and O–H groups in total. The standard InChI is InChI=1S/C14H21N3O3/c1-9(2)6-13(18)16-10-4-5-12(20-3)11(7-10)17-14(19)8-15/h4-5,7,9H,6,8,15H2,1-3H3,(H,16,18)(H,17,19). The molecule has 0 aliphatic heterocycles. The van der Waals surface area contributed by atoms with Crippen LogP contribution in [0.5, 0.6) is 5.75 Å². The summed E-state index contributed by atoms with van der Waals surface area (Å²) in [5, 5.41) is 5.40. The minimum Gasteiger partial charge on any atom is -0.495 e. The van der Waals surface area contributed by atoms with Crippen LogP contribution < -0.4 is 21.1 Å². The topological polar surface area (TPSA) is 93.5 Å².